The average Bonchev–Trinajstić information content (AvgIpc) is 2.88. The third-order valence-corrected chi connectivity index (χ3v) is 4.66. The van der Waals surface area contributed by atoms with E-state index in [4.69, 9.17) is 16.7 Å². The molecule has 2 rings (SSSR count). The lowest BCUT2D eigenvalue weighted by Crippen LogP contribution is -2.18. The normalized spacial score (nSPS) is 12.0. The van der Waals surface area contributed by atoms with E-state index in [1.807, 2.05) is 18.2 Å². The lowest BCUT2D eigenvalue weighted by atomic mass is 10.0. The number of carbonyl (C=O) groups is 2. The largest absolute Gasteiger partial charge is 0.481 e. The van der Waals surface area contributed by atoms with Gasteiger partial charge in [-0.3, -0.25) is 14.2 Å². The Bertz CT molecular complexity index is 757. The van der Waals surface area contributed by atoms with E-state index >= 15 is 0 Å². The molecule has 0 amide bonds. The van der Waals surface area contributed by atoms with Crippen molar-refractivity contribution in [3.63, 3.8) is 0 Å². The van der Waals surface area contributed by atoms with Gasteiger partial charge in [-0.2, -0.15) is 13.5 Å². The van der Waals surface area contributed by atoms with Crippen LogP contribution >= 0.6 is 25.1 Å². The van der Waals surface area contributed by atoms with Crippen LogP contribution in [0.4, 0.5) is 0 Å². The Balaban J connectivity index is 0.00000338. The van der Waals surface area contributed by atoms with Gasteiger partial charge in [-0.15, -0.1) is 0 Å². The Morgan fingerprint density at radius 2 is 1.88 bits per heavy atom. The molecule has 1 aromatic heterocycles. The molecular formula is C20H28ClNO3S. The molecule has 144 valence electrons. The van der Waals surface area contributed by atoms with Crippen LogP contribution in [0.5, 0.6) is 0 Å². The number of halogens is 1. The van der Waals surface area contributed by atoms with E-state index in [2.05, 4.69) is 13.0 Å². The fraction of sp³-hybridized carbons (Fsp3) is 0.500. The molecule has 0 spiro atoms. The van der Waals surface area contributed by atoms with E-state index in [1.54, 1.807) is 11.5 Å². The highest BCUT2D eigenvalue weighted by Gasteiger charge is 2.19. The molecule has 1 aromatic carbocycles. The van der Waals surface area contributed by atoms with Crippen LogP contribution in [-0.4, -0.2) is 21.6 Å². The number of aromatic nitrogens is 1. The van der Waals surface area contributed by atoms with Gasteiger partial charge < -0.3 is 5.11 Å². The van der Waals surface area contributed by atoms with Crippen molar-refractivity contribution >= 4 is 47.9 Å². The van der Waals surface area contributed by atoms with E-state index in [9.17, 15) is 9.59 Å². The number of carboxylic acids is 1. The second-order valence-electron chi connectivity index (χ2n) is 6.79. The number of aryl methyl sites for hydroxylation is 1. The molecule has 0 aliphatic carbocycles. The Morgan fingerprint density at radius 1 is 1.15 bits per heavy atom. The van der Waals surface area contributed by atoms with E-state index in [-0.39, 0.29) is 38.2 Å². The van der Waals surface area contributed by atoms with Crippen LogP contribution in [0.1, 0.15) is 62.9 Å². The van der Waals surface area contributed by atoms with Crippen LogP contribution < -0.4 is 0 Å². The summed E-state index contributed by atoms with van der Waals surface area (Å²) in [6.07, 6.45) is 5.59. The molecule has 1 atom stereocenters. The predicted molar refractivity (Wildman–Crippen MR) is 112 cm³/mol. The van der Waals surface area contributed by atoms with Gasteiger partial charge >= 0.3 is 5.97 Å². The summed E-state index contributed by atoms with van der Waals surface area (Å²) in [7, 11) is 0. The molecule has 6 heteroatoms. The fourth-order valence-corrected chi connectivity index (χ4v) is 3.37. The number of unbranched alkanes of at least 4 members (excludes halogenated alkanes) is 3. The zero-order valence-electron chi connectivity index (χ0n) is 15.4. The molecule has 0 unspecified atom stereocenters. The van der Waals surface area contributed by atoms with Crippen molar-refractivity contribution in [2.75, 3.05) is 0 Å². The Hall–Kier alpha value is -1.46. The first-order valence-electron chi connectivity index (χ1n) is 8.97. The smallest absolute Gasteiger partial charge is 0.303 e. The average molecular weight is 398 g/mol. The third-order valence-electron chi connectivity index (χ3n) is 4.42. The molecule has 1 N–H and O–H groups in total. The Morgan fingerprint density at radius 3 is 2.54 bits per heavy atom. The molecule has 0 saturated carbocycles. The molecule has 0 fully saturated rings. The van der Waals surface area contributed by atoms with Gasteiger partial charge in [0, 0.05) is 28.9 Å². The summed E-state index contributed by atoms with van der Waals surface area (Å²) in [5.74, 6) is -1.13. The van der Waals surface area contributed by atoms with Crippen molar-refractivity contribution in [2.45, 2.75) is 58.8 Å². The second kappa shape index (κ2) is 10.6. The molecule has 0 aliphatic heterocycles. The summed E-state index contributed by atoms with van der Waals surface area (Å²) >= 11 is 6.12. The van der Waals surface area contributed by atoms with Crippen molar-refractivity contribution in [1.29, 1.82) is 0 Å². The molecule has 0 saturated heterocycles. The first-order chi connectivity index (χ1) is 11.9. The topological polar surface area (TPSA) is 59.3 Å². The molecule has 0 bridgehead atoms. The SMILES string of the molecule is CCCCCCc1cc2ccc(Cl)cc2n1C(=O)C[C@H](C)CC(=O)O.S. The zero-order chi connectivity index (χ0) is 18.4. The Labute approximate surface area is 167 Å². The van der Waals surface area contributed by atoms with Gasteiger partial charge in [0.1, 0.15) is 0 Å². The van der Waals surface area contributed by atoms with Crippen LogP contribution in [0.25, 0.3) is 10.9 Å². The number of hydrogen-bond donors (Lipinski definition) is 1. The number of carboxylic acid groups (broad SMARTS) is 1. The molecule has 0 radical (unpaired) electrons. The number of fused-ring (bicyclic) bond motifs is 1. The second-order valence-corrected chi connectivity index (χ2v) is 7.22. The summed E-state index contributed by atoms with van der Waals surface area (Å²) < 4.78 is 1.74. The maximum Gasteiger partial charge on any atom is 0.303 e. The summed E-state index contributed by atoms with van der Waals surface area (Å²) in [5, 5.41) is 10.5. The maximum absolute atomic E-state index is 12.9. The lowest BCUT2D eigenvalue weighted by Gasteiger charge is -2.13. The van der Waals surface area contributed by atoms with Gasteiger partial charge in [-0.05, 0) is 37.0 Å². The molecule has 4 nitrogen and oxygen atoms in total. The summed E-state index contributed by atoms with van der Waals surface area (Å²) in [5.41, 5.74) is 1.80. The van der Waals surface area contributed by atoms with Crippen molar-refractivity contribution in [3.8, 4) is 0 Å². The standard InChI is InChI=1S/C20H26ClNO3.H2S/c1-3-4-5-6-7-17-12-15-8-9-16(21)13-18(15)22(17)19(23)10-14(2)11-20(24)25;/h8-9,12-14H,3-7,10-11H2,1-2H3,(H,24,25);1H2/t14-;/m0./s1. The van der Waals surface area contributed by atoms with Gasteiger partial charge in [-0.25, -0.2) is 0 Å². The van der Waals surface area contributed by atoms with Crippen molar-refractivity contribution in [2.24, 2.45) is 5.92 Å². The number of benzene rings is 1. The van der Waals surface area contributed by atoms with Crippen LogP contribution in [0.3, 0.4) is 0 Å². The molecule has 26 heavy (non-hydrogen) atoms. The van der Waals surface area contributed by atoms with Crippen molar-refractivity contribution in [1.82, 2.24) is 4.57 Å². The third kappa shape index (κ3) is 6.06. The van der Waals surface area contributed by atoms with Gasteiger partial charge in [0.25, 0.3) is 0 Å². The van der Waals surface area contributed by atoms with Crippen LogP contribution in [0.15, 0.2) is 24.3 Å². The lowest BCUT2D eigenvalue weighted by molar-refractivity contribution is -0.137. The van der Waals surface area contributed by atoms with Gasteiger partial charge in [0.2, 0.25) is 5.91 Å². The van der Waals surface area contributed by atoms with Gasteiger partial charge in [0.05, 0.1) is 5.52 Å². The highest BCUT2D eigenvalue weighted by molar-refractivity contribution is 7.59. The van der Waals surface area contributed by atoms with Gasteiger partial charge in [0.15, 0.2) is 0 Å². The molecular weight excluding hydrogens is 370 g/mol. The van der Waals surface area contributed by atoms with E-state index in [0.717, 1.165) is 35.9 Å². The van der Waals surface area contributed by atoms with Crippen LogP contribution in [0.2, 0.25) is 5.02 Å². The summed E-state index contributed by atoms with van der Waals surface area (Å²) in [6, 6.07) is 7.62. The minimum absolute atomic E-state index is 0. The quantitative estimate of drug-likeness (QED) is 0.554. The van der Waals surface area contributed by atoms with E-state index in [1.165, 1.54) is 12.8 Å². The fourth-order valence-electron chi connectivity index (χ4n) is 3.20. The number of rotatable bonds is 9. The van der Waals surface area contributed by atoms with Crippen molar-refractivity contribution < 1.29 is 14.7 Å². The van der Waals surface area contributed by atoms with E-state index < -0.39 is 5.97 Å². The number of carbonyl (C=O) groups excluding carboxylic acids is 1. The summed E-state index contributed by atoms with van der Waals surface area (Å²) in [6.45, 7) is 3.97. The monoisotopic (exact) mass is 397 g/mol. The maximum atomic E-state index is 12.9. The summed E-state index contributed by atoms with van der Waals surface area (Å²) in [4.78, 5) is 23.7. The minimum atomic E-state index is -0.875. The zero-order valence-corrected chi connectivity index (χ0v) is 17.2. The minimum Gasteiger partial charge on any atom is -0.481 e. The van der Waals surface area contributed by atoms with Crippen molar-refractivity contribution in [3.05, 3.63) is 35.0 Å². The first kappa shape index (κ1) is 22.6. The first-order valence-corrected chi connectivity index (χ1v) is 9.35. The van der Waals surface area contributed by atoms with E-state index in [0.29, 0.717) is 5.02 Å². The highest BCUT2D eigenvalue weighted by Crippen LogP contribution is 2.26. The Kier molecular flexibility index (Phi) is 9.23. The highest BCUT2D eigenvalue weighted by atomic mass is 35.5. The van der Waals surface area contributed by atoms with Gasteiger partial charge in [-0.1, -0.05) is 50.8 Å². The molecule has 1 heterocycles. The number of hydrogen-bond acceptors (Lipinski definition) is 2. The van der Waals surface area contributed by atoms with Crippen LogP contribution in [-0.2, 0) is 11.2 Å². The van der Waals surface area contributed by atoms with Crippen LogP contribution in [0, 0.1) is 5.92 Å². The number of aliphatic carboxylic acids is 1. The molecule has 2 aromatic rings. The number of nitrogens with zero attached hydrogens (tertiary/aromatic N) is 1. The predicted octanol–water partition coefficient (Wildman–Crippen LogP) is 5.67. The molecule has 0 aliphatic rings.